The van der Waals surface area contributed by atoms with E-state index in [1.54, 1.807) is 0 Å². The van der Waals surface area contributed by atoms with E-state index >= 15 is 0 Å². The molecule has 1 heterocycles. The standard InChI is InChI=1S/C12H23Cl2NSi/c1-3-10(2)16(13,14)15-9-8-11-6-4-5-7-12(11)15/h10-12H,3-9H2,1-2H3. The van der Waals surface area contributed by atoms with Crippen molar-refractivity contribution in [3.63, 3.8) is 0 Å². The maximum Gasteiger partial charge on any atom is 0.327 e. The highest BCUT2D eigenvalue weighted by atomic mass is 35.7. The highest BCUT2D eigenvalue weighted by Crippen LogP contribution is 2.45. The van der Waals surface area contributed by atoms with Crippen LogP contribution in [0.15, 0.2) is 0 Å². The SMILES string of the molecule is CCC(C)[Si](Cl)(Cl)N1CCC2CCCCC21. The molecule has 0 aromatic carbocycles. The Hall–Kier alpha value is 0.757. The van der Waals surface area contributed by atoms with E-state index in [0.717, 1.165) is 18.9 Å². The normalized spacial score (nSPS) is 33.8. The summed E-state index contributed by atoms with van der Waals surface area (Å²) in [6.45, 7) is 3.37. The number of hydrogen-bond donors (Lipinski definition) is 0. The summed E-state index contributed by atoms with van der Waals surface area (Å²) < 4.78 is 2.52. The van der Waals surface area contributed by atoms with Crippen LogP contribution < -0.4 is 0 Å². The van der Waals surface area contributed by atoms with Gasteiger partial charge in [0.1, 0.15) is 0 Å². The van der Waals surface area contributed by atoms with Crippen LogP contribution in [-0.2, 0) is 0 Å². The summed E-state index contributed by atoms with van der Waals surface area (Å²) in [5.74, 6) is 0.891. The molecule has 0 spiro atoms. The molecule has 0 aromatic heterocycles. The largest absolute Gasteiger partial charge is 0.327 e. The first kappa shape index (κ1) is 13.2. The fraction of sp³-hybridized carbons (Fsp3) is 1.00. The molecule has 3 unspecified atom stereocenters. The van der Waals surface area contributed by atoms with Gasteiger partial charge in [-0.05, 0) is 37.3 Å². The van der Waals surface area contributed by atoms with Crippen molar-refractivity contribution < 1.29 is 0 Å². The zero-order valence-electron chi connectivity index (χ0n) is 10.4. The first-order chi connectivity index (χ1) is 7.57. The molecule has 94 valence electrons. The van der Waals surface area contributed by atoms with Gasteiger partial charge in [-0.2, -0.15) is 0 Å². The van der Waals surface area contributed by atoms with Gasteiger partial charge in [0.05, 0.1) is 0 Å². The summed E-state index contributed by atoms with van der Waals surface area (Å²) in [7, 11) is 0. The quantitative estimate of drug-likeness (QED) is 0.544. The second-order valence-electron chi connectivity index (χ2n) is 5.49. The van der Waals surface area contributed by atoms with Gasteiger partial charge in [0, 0.05) is 6.04 Å². The maximum atomic E-state index is 6.74. The van der Waals surface area contributed by atoms with E-state index < -0.39 is 6.86 Å². The molecule has 2 aliphatic rings. The molecule has 2 fully saturated rings. The molecule has 1 saturated carbocycles. The van der Waals surface area contributed by atoms with Crippen molar-refractivity contribution in [1.29, 1.82) is 0 Å². The highest BCUT2D eigenvalue weighted by molar-refractivity contribution is 7.44. The third-order valence-electron chi connectivity index (χ3n) is 4.60. The molecule has 2 rings (SSSR count). The minimum Gasteiger partial charge on any atom is -0.297 e. The molecule has 1 saturated heterocycles. The van der Waals surface area contributed by atoms with Crippen LogP contribution >= 0.6 is 22.2 Å². The summed E-state index contributed by atoms with van der Waals surface area (Å²) >= 11 is 13.5. The van der Waals surface area contributed by atoms with Crippen LogP contribution in [0, 0.1) is 5.92 Å². The number of nitrogens with zero attached hydrogens (tertiary/aromatic N) is 1. The second-order valence-corrected chi connectivity index (χ2v) is 12.3. The maximum absolute atomic E-state index is 6.74. The van der Waals surface area contributed by atoms with Crippen molar-refractivity contribution in [1.82, 2.24) is 4.57 Å². The van der Waals surface area contributed by atoms with Crippen LogP contribution in [0.2, 0.25) is 5.54 Å². The topological polar surface area (TPSA) is 3.24 Å². The lowest BCUT2D eigenvalue weighted by Crippen LogP contribution is -2.51. The Balaban J connectivity index is 2.09. The molecule has 0 N–H and O–H groups in total. The van der Waals surface area contributed by atoms with Crippen LogP contribution in [0.1, 0.15) is 52.4 Å². The third kappa shape index (κ3) is 2.31. The molecule has 3 atom stereocenters. The van der Waals surface area contributed by atoms with E-state index in [0.29, 0.717) is 11.6 Å². The van der Waals surface area contributed by atoms with Crippen LogP contribution in [-0.4, -0.2) is 24.0 Å². The molecule has 0 amide bonds. The Morgan fingerprint density at radius 3 is 2.62 bits per heavy atom. The molecule has 4 heteroatoms. The van der Waals surface area contributed by atoms with E-state index in [9.17, 15) is 0 Å². The van der Waals surface area contributed by atoms with E-state index in [2.05, 4.69) is 18.4 Å². The summed E-state index contributed by atoms with van der Waals surface area (Å²) in [6.07, 6.45) is 7.95. The average Bonchev–Trinajstić information content (AvgIpc) is 2.72. The average molecular weight is 280 g/mol. The third-order valence-corrected chi connectivity index (χ3v) is 11.1. The van der Waals surface area contributed by atoms with Gasteiger partial charge in [0.2, 0.25) is 0 Å². The van der Waals surface area contributed by atoms with Crippen molar-refractivity contribution in [2.75, 3.05) is 6.54 Å². The zero-order chi connectivity index (χ0) is 11.8. The van der Waals surface area contributed by atoms with Crippen LogP contribution in [0.4, 0.5) is 0 Å². The number of hydrogen-bond acceptors (Lipinski definition) is 1. The molecule has 0 aromatic rings. The van der Waals surface area contributed by atoms with Gasteiger partial charge < -0.3 is 0 Å². The predicted molar refractivity (Wildman–Crippen MR) is 74.2 cm³/mol. The molecule has 16 heavy (non-hydrogen) atoms. The first-order valence-electron chi connectivity index (χ1n) is 6.72. The monoisotopic (exact) mass is 279 g/mol. The Morgan fingerprint density at radius 2 is 1.94 bits per heavy atom. The Labute approximate surface area is 110 Å². The minimum atomic E-state index is -2.20. The Morgan fingerprint density at radius 1 is 1.25 bits per heavy atom. The summed E-state index contributed by atoms with van der Waals surface area (Å²) in [5, 5.41) is 0. The predicted octanol–water partition coefficient (Wildman–Crippen LogP) is 4.47. The van der Waals surface area contributed by atoms with Crippen molar-refractivity contribution in [2.45, 2.75) is 64.0 Å². The molecule has 0 bridgehead atoms. The van der Waals surface area contributed by atoms with Gasteiger partial charge in [0.25, 0.3) is 0 Å². The molecular formula is C12H23Cl2NSi. The van der Waals surface area contributed by atoms with Crippen LogP contribution in [0.25, 0.3) is 0 Å². The van der Waals surface area contributed by atoms with Crippen LogP contribution in [0.5, 0.6) is 0 Å². The lowest BCUT2D eigenvalue weighted by Gasteiger charge is -2.40. The fourth-order valence-electron chi connectivity index (χ4n) is 3.30. The molecule has 1 nitrogen and oxygen atoms in total. The lowest BCUT2D eigenvalue weighted by atomic mass is 9.86. The van der Waals surface area contributed by atoms with E-state index in [1.807, 2.05) is 0 Å². The fourth-order valence-corrected chi connectivity index (χ4v) is 7.76. The van der Waals surface area contributed by atoms with Gasteiger partial charge in [-0.3, -0.25) is 4.57 Å². The molecule has 1 aliphatic carbocycles. The minimum absolute atomic E-state index is 0.483. The smallest absolute Gasteiger partial charge is 0.297 e. The Kier molecular flexibility index (Phi) is 4.27. The number of fused-ring (bicyclic) bond motifs is 1. The van der Waals surface area contributed by atoms with Gasteiger partial charge >= 0.3 is 6.86 Å². The van der Waals surface area contributed by atoms with Crippen molar-refractivity contribution in [3.8, 4) is 0 Å². The van der Waals surface area contributed by atoms with Crippen LogP contribution in [0.3, 0.4) is 0 Å². The number of halogens is 2. The van der Waals surface area contributed by atoms with Gasteiger partial charge in [0.15, 0.2) is 0 Å². The highest BCUT2D eigenvalue weighted by Gasteiger charge is 2.49. The van der Waals surface area contributed by atoms with Gasteiger partial charge in [-0.15, -0.1) is 22.2 Å². The Bertz CT molecular complexity index is 247. The molecule has 0 radical (unpaired) electrons. The van der Waals surface area contributed by atoms with E-state index in [-0.39, 0.29) is 0 Å². The van der Waals surface area contributed by atoms with Crippen molar-refractivity contribution in [3.05, 3.63) is 0 Å². The second kappa shape index (κ2) is 5.17. The molecular weight excluding hydrogens is 257 g/mol. The van der Waals surface area contributed by atoms with Gasteiger partial charge in [-0.25, -0.2) is 0 Å². The summed E-state index contributed by atoms with van der Waals surface area (Å²) in [4.78, 5) is 0. The van der Waals surface area contributed by atoms with Crippen molar-refractivity contribution >= 4 is 29.0 Å². The van der Waals surface area contributed by atoms with Gasteiger partial charge in [-0.1, -0.05) is 33.1 Å². The lowest BCUT2D eigenvalue weighted by molar-refractivity contribution is 0.258. The summed E-state index contributed by atoms with van der Waals surface area (Å²) in [6, 6.07) is 0.712. The number of rotatable bonds is 3. The van der Waals surface area contributed by atoms with E-state index in [1.165, 1.54) is 32.1 Å². The van der Waals surface area contributed by atoms with E-state index in [4.69, 9.17) is 22.2 Å². The van der Waals surface area contributed by atoms with Crippen molar-refractivity contribution in [2.24, 2.45) is 5.92 Å². The zero-order valence-corrected chi connectivity index (χ0v) is 12.9. The molecule has 1 aliphatic heterocycles. The summed E-state index contributed by atoms with van der Waals surface area (Å²) in [5.41, 5.74) is 0.483. The first-order valence-corrected chi connectivity index (χ1v) is 10.8.